The highest BCUT2D eigenvalue weighted by atomic mass is 19.1. The second kappa shape index (κ2) is 7.11. The Kier molecular flexibility index (Phi) is 5.78. The molecule has 1 aromatic rings. The minimum absolute atomic E-state index is 0.131. The quantitative estimate of drug-likeness (QED) is 0.813. The molecule has 1 atom stereocenters. The van der Waals surface area contributed by atoms with Gasteiger partial charge < -0.3 is 10.4 Å². The van der Waals surface area contributed by atoms with Crippen molar-refractivity contribution in [3.8, 4) is 0 Å². The Labute approximate surface area is 107 Å². The van der Waals surface area contributed by atoms with Gasteiger partial charge in [-0.25, -0.2) is 4.39 Å². The summed E-state index contributed by atoms with van der Waals surface area (Å²) in [6.45, 7) is 4.27. The van der Waals surface area contributed by atoms with Crippen LogP contribution in [0, 0.1) is 11.7 Å². The zero-order chi connectivity index (χ0) is 13.5. The first-order valence-corrected chi connectivity index (χ1v) is 6.16. The van der Waals surface area contributed by atoms with Crippen LogP contribution in [0.3, 0.4) is 0 Å². The Morgan fingerprint density at radius 1 is 1.44 bits per heavy atom. The molecule has 0 heterocycles. The first-order chi connectivity index (χ1) is 8.47. The van der Waals surface area contributed by atoms with Gasteiger partial charge in [-0.2, -0.15) is 0 Å². The summed E-state index contributed by atoms with van der Waals surface area (Å²) in [5.74, 6) is -0.163. The molecule has 0 saturated heterocycles. The third-order valence-electron chi connectivity index (χ3n) is 2.53. The maximum Gasteiger partial charge on any atom is 0.224 e. The van der Waals surface area contributed by atoms with Crippen LogP contribution in [-0.2, 0) is 11.2 Å². The summed E-state index contributed by atoms with van der Waals surface area (Å²) in [4.78, 5) is 11.6. The molecule has 0 aliphatic rings. The van der Waals surface area contributed by atoms with Crippen molar-refractivity contribution in [3.05, 3.63) is 35.6 Å². The molecule has 0 aromatic heterocycles. The smallest absolute Gasteiger partial charge is 0.224 e. The number of carbonyl (C=O) groups excluding carboxylic acids is 1. The largest absolute Gasteiger partial charge is 0.391 e. The first kappa shape index (κ1) is 14.6. The minimum atomic E-state index is -0.526. The van der Waals surface area contributed by atoms with Gasteiger partial charge in [0.2, 0.25) is 5.91 Å². The Bertz CT molecular complexity index is 393. The molecule has 0 aliphatic carbocycles. The molecule has 100 valence electrons. The van der Waals surface area contributed by atoms with Gasteiger partial charge in [-0.05, 0) is 30.0 Å². The summed E-state index contributed by atoms with van der Waals surface area (Å²) in [6.07, 6.45) is 0.258. The van der Waals surface area contributed by atoms with E-state index in [0.29, 0.717) is 17.9 Å². The van der Waals surface area contributed by atoms with Crippen LogP contribution in [0.1, 0.15) is 25.8 Å². The van der Waals surface area contributed by atoms with Gasteiger partial charge in [0.05, 0.1) is 12.5 Å². The number of rotatable bonds is 6. The van der Waals surface area contributed by atoms with E-state index in [9.17, 15) is 14.3 Å². The Morgan fingerprint density at radius 3 is 2.78 bits per heavy atom. The summed E-state index contributed by atoms with van der Waals surface area (Å²) >= 11 is 0. The zero-order valence-corrected chi connectivity index (χ0v) is 10.8. The van der Waals surface area contributed by atoms with Crippen LogP contribution < -0.4 is 5.32 Å². The van der Waals surface area contributed by atoms with Crippen LogP contribution in [0.4, 0.5) is 4.39 Å². The van der Waals surface area contributed by atoms with Crippen LogP contribution in [0.15, 0.2) is 24.3 Å². The van der Waals surface area contributed by atoms with Crippen LogP contribution in [0.5, 0.6) is 0 Å². The lowest BCUT2D eigenvalue weighted by Gasteiger charge is -2.13. The monoisotopic (exact) mass is 253 g/mol. The van der Waals surface area contributed by atoms with Crippen molar-refractivity contribution in [2.24, 2.45) is 5.92 Å². The molecule has 3 nitrogen and oxygen atoms in total. The van der Waals surface area contributed by atoms with Crippen LogP contribution in [0.25, 0.3) is 0 Å². The van der Waals surface area contributed by atoms with E-state index < -0.39 is 6.10 Å². The fourth-order valence-corrected chi connectivity index (χ4v) is 1.75. The molecule has 1 amide bonds. The molecular formula is C14H20FNO2. The Morgan fingerprint density at radius 2 is 2.17 bits per heavy atom. The number of hydrogen-bond acceptors (Lipinski definition) is 2. The molecule has 0 spiro atoms. The molecular weight excluding hydrogens is 233 g/mol. The van der Waals surface area contributed by atoms with Gasteiger partial charge in [0, 0.05) is 6.54 Å². The standard InChI is InChI=1S/C14H20FNO2/c1-10(2)6-13(17)9-16-14(18)8-11-4-3-5-12(15)7-11/h3-5,7,10,13,17H,6,8-9H2,1-2H3,(H,16,18). The Balaban J connectivity index is 2.34. The molecule has 1 rings (SSSR count). The highest BCUT2D eigenvalue weighted by molar-refractivity contribution is 5.78. The molecule has 4 heteroatoms. The number of amides is 1. The third-order valence-corrected chi connectivity index (χ3v) is 2.53. The lowest BCUT2D eigenvalue weighted by atomic mass is 10.1. The molecule has 0 bridgehead atoms. The summed E-state index contributed by atoms with van der Waals surface area (Å²) in [6, 6.07) is 5.96. The van der Waals surface area contributed by atoms with E-state index in [4.69, 9.17) is 0 Å². The molecule has 0 aliphatic heterocycles. The van der Waals surface area contributed by atoms with Crippen molar-refractivity contribution < 1.29 is 14.3 Å². The van der Waals surface area contributed by atoms with E-state index in [1.165, 1.54) is 12.1 Å². The third kappa shape index (κ3) is 5.77. The summed E-state index contributed by atoms with van der Waals surface area (Å²) < 4.78 is 12.9. The maximum atomic E-state index is 12.9. The number of benzene rings is 1. The first-order valence-electron chi connectivity index (χ1n) is 6.16. The zero-order valence-electron chi connectivity index (χ0n) is 10.8. The van der Waals surface area contributed by atoms with E-state index in [2.05, 4.69) is 5.32 Å². The molecule has 1 unspecified atom stereocenters. The van der Waals surface area contributed by atoms with E-state index in [1.54, 1.807) is 12.1 Å². The molecule has 1 aromatic carbocycles. The van der Waals surface area contributed by atoms with Crippen molar-refractivity contribution in [1.29, 1.82) is 0 Å². The summed E-state index contributed by atoms with van der Waals surface area (Å²) in [5.41, 5.74) is 0.630. The fourth-order valence-electron chi connectivity index (χ4n) is 1.75. The molecule has 0 saturated carbocycles. The fraction of sp³-hybridized carbons (Fsp3) is 0.500. The number of nitrogens with one attached hydrogen (secondary N) is 1. The average molecular weight is 253 g/mol. The number of aliphatic hydroxyl groups excluding tert-OH is 1. The lowest BCUT2D eigenvalue weighted by Crippen LogP contribution is -2.33. The molecule has 18 heavy (non-hydrogen) atoms. The van der Waals surface area contributed by atoms with E-state index in [0.717, 1.165) is 0 Å². The minimum Gasteiger partial charge on any atom is -0.391 e. The molecule has 0 fully saturated rings. The predicted molar refractivity (Wildman–Crippen MR) is 68.6 cm³/mol. The van der Waals surface area contributed by atoms with E-state index >= 15 is 0 Å². The molecule has 0 radical (unpaired) electrons. The van der Waals surface area contributed by atoms with Crippen molar-refractivity contribution in [2.45, 2.75) is 32.8 Å². The van der Waals surface area contributed by atoms with Crippen LogP contribution >= 0.6 is 0 Å². The van der Waals surface area contributed by atoms with Crippen molar-refractivity contribution >= 4 is 5.91 Å². The van der Waals surface area contributed by atoms with Gasteiger partial charge in [-0.1, -0.05) is 26.0 Å². The SMILES string of the molecule is CC(C)CC(O)CNC(=O)Cc1cccc(F)c1. The summed E-state index contributed by atoms with van der Waals surface area (Å²) in [5, 5.41) is 12.2. The topological polar surface area (TPSA) is 49.3 Å². The van der Waals surface area contributed by atoms with E-state index in [1.807, 2.05) is 13.8 Å². The highest BCUT2D eigenvalue weighted by Gasteiger charge is 2.09. The maximum absolute atomic E-state index is 12.9. The summed E-state index contributed by atoms with van der Waals surface area (Å²) in [7, 11) is 0. The van der Waals surface area contributed by atoms with Crippen molar-refractivity contribution in [2.75, 3.05) is 6.54 Å². The second-order valence-electron chi connectivity index (χ2n) is 4.89. The predicted octanol–water partition coefficient (Wildman–Crippen LogP) is 1.89. The number of hydrogen-bond donors (Lipinski definition) is 2. The second-order valence-corrected chi connectivity index (χ2v) is 4.89. The number of aliphatic hydroxyl groups is 1. The van der Waals surface area contributed by atoms with Crippen LogP contribution in [0.2, 0.25) is 0 Å². The normalized spacial score (nSPS) is 12.5. The van der Waals surface area contributed by atoms with Crippen molar-refractivity contribution in [3.63, 3.8) is 0 Å². The molecule has 2 N–H and O–H groups in total. The average Bonchev–Trinajstić information content (AvgIpc) is 2.25. The van der Waals surface area contributed by atoms with Gasteiger partial charge >= 0.3 is 0 Å². The van der Waals surface area contributed by atoms with Gasteiger partial charge in [-0.15, -0.1) is 0 Å². The van der Waals surface area contributed by atoms with Crippen LogP contribution in [-0.4, -0.2) is 23.7 Å². The highest BCUT2D eigenvalue weighted by Crippen LogP contribution is 2.05. The van der Waals surface area contributed by atoms with Gasteiger partial charge in [-0.3, -0.25) is 4.79 Å². The van der Waals surface area contributed by atoms with Crippen molar-refractivity contribution in [1.82, 2.24) is 5.32 Å². The lowest BCUT2D eigenvalue weighted by molar-refractivity contribution is -0.120. The number of carbonyl (C=O) groups is 1. The van der Waals surface area contributed by atoms with E-state index in [-0.39, 0.29) is 24.7 Å². The Hall–Kier alpha value is -1.42. The van der Waals surface area contributed by atoms with Gasteiger partial charge in [0.15, 0.2) is 0 Å². The van der Waals surface area contributed by atoms with Gasteiger partial charge in [0.1, 0.15) is 5.82 Å². The van der Waals surface area contributed by atoms with Gasteiger partial charge in [0.25, 0.3) is 0 Å². The number of halogens is 1.